The number of rotatable bonds is 8. The zero-order chi connectivity index (χ0) is 35.0. The third-order valence-corrected chi connectivity index (χ3v) is 9.87. The first kappa shape index (κ1) is 33.2. The van der Waals surface area contributed by atoms with E-state index in [1.165, 1.54) is 16.7 Å². The summed E-state index contributed by atoms with van der Waals surface area (Å²) in [5, 5.41) is 3.87. The lowest BCUT2D eigenvalue weighted by Crippen LogP contribution is -2.74. The molecule has 11 nitrogen and oxygen atoms in total. The predicted molar refractivity (Wildman–Crippen MR) is 188 cm³/mol. The number of amides is 3. The Bertz CT molecular complexity index is 1930. The van der Waals surface area contributed by atoms with Gasteiger partial charge in [0.2, 0.25) is 11.8 Å². The molecule has 4 aromatic rings. The number of benzene rings is 3. The molecule has 3 aliphatic heterocycles. The van der Waals surface area contributed by atoms with Crippen molar-refractivity contribution >= 4 is 46.7 Å². The summed E-state index contributed by atoms with van der Waals surface area (Å²) in [5.74, 6) is -0.583. The molecule has 3 atom stereocenters. The second-order valence-corrected chi connectivity index (χ2v) is 14.4. The molecule has 7 rings (SSSR count). The quantitative estimate of drug-likeness (QED) is 0.138. The van der Waals surface area contributed by atoms with Crippen LogP contribution in [0.3, 0.4) is 0 Å². The fraction of sp³-hybridized carbons (Fsp3) is 0.289. The van der Waals surface area contributed by atoms with Crippen LogP contribution in [0.2, 0.25) is 0 Å². The number of nitrogens with one attached hydrogen (secondary N) is 2. The topological polar surface area (TPSA) is 134 Å². The molecule has 3 aromatic carbocycles. The van der Waals surface area contributed by atoms with Crippen molar-refractivity contribution in [1.82, 2.24) is 25.1 Å². The predicted octanol–water partition coefficient (Wildman–Crippen LogP) is 5.62. The zero-order valence-electron chi connectivity index (χ0n) is 27.9. The number of hydrogen-bond donors (Lipinski definition) is 2. The minimum absolute atomic E-state index is 0.170. The second kappa shape index (κ2) is 13.5. The number of aromatic nitrogens is 2. The van der Waals surface area contributed by atoms with Crippen LogP contribution in [0, 0.1) is 0 Å². The van der Waals surface area contributed by atoms with Crippen LogP contribution in [0.4, 0.5) is 4.79 Å². The number of likely N-dealkylation sites (tertiary alicyclic amines) is 1. The highest BCUT2D eigenvalue weighted by Gasteiger charge is 2.56. The Morgan fingerprint density at radius 1 is 1.00 bits per heavy atom. The molecule has 0 aliphatic carbocycles. The number of fused-ring (bicyclic) bond motifs is 2. The molecular formula is C38H37N5O6S. The van der Waals surface area contributed by atoms with E-state index in [-0.39, 0.29) is 5.91 Å². The van der Waals surface area contributed by atoms with Crippen molar-refractivity contribution in [2.24, 2.45) is 0 Å². The average Bonchev–Trinajstić information content (AvgIpc) is 3.67. The minimum Gasteiger partial charge on any atom is -0.451 e. The summed E-state index contributed by atoms with van der Waals surface area (Å²) in [6.07, 6.45) is 0.699. The molecule has 50 heavy (non-hydrogen) atoms. The normalized spacial score (nSPS) is 21.2. The standard InChI is InChI=1S/C38H37N5O6S/c1-38(2,3)49-37(47)41-30-34(45)43-31(36(46)48-32(23-12-6-4-7-13-23)24-14-8-5-9-15-24)26(22-50-35(30)43)20-25-18-19-42(33(25)44)21-29-39-27-16-10-11-17-28(27)40-29/h4-17,20,22,30-32,35H,18-19,21H2,1-3H3,(H,39,40)(H,41,47)/b25-20+/t30-,31-,35-/m1/s1. The second-order valence-electron chi connectivity index (χ2n) is 13.4. The molecule has 2 N–H and O–H groups in total. The van der Waals surface area contributed by atoms with Gasteiger partial charge in [-0.3, -0.25) is 9.59 Å². The Morgan fingerprint density at radius 3 is 2.32 bits per heavy atom. The van der Waals surface area contributed by atoms with Gasteiger partial charge in [0.25, 0.3) is 0 Å². The first-order chi connectivity index (χ1) is 24.1. The maximum atomic E-state index is 14.3. The number of H-pyrrole nitrogens is 1. The Morgan fingerprint density at radius 2 is 1.66 bits per heavy atom. The molecule has 2 saturated heterocycles. The van der Waals surface area contributed by atoms with Crippen molar-refractivity contribution in [3.63, 3.8) is 0 Å². The van der Waals surface area contributed by atoms with E-state index >= 15 is 0 Å². The monoisotopic (exact) mass is 691 g/mol. The smallest absolute Gasteiger partial charge is 0.408 e. The third-order valence-electron chi connectivity index (χ3n) is 8.68. The van der Waals surface area contributed by atoms with Gasteiger partial charge < -0.3 is 29.6 Å². The van der Waals surface area contributed by atoms with Gasteiger partial charge in [0.1, 0.15) is 22.8 Å². The van der Waals surface area contributed by atoms with E-state index in [1.54, 1.807) is 37.2 Å². The van der Waals surface area contributed by atoms with Crippen LogP contribution in [0.5, 0.6) is 0 Å². The van der Waals surface area contributed by atoms with Gasteiger partial charge in [0.05, 0.1) is 17.6 Å². The summed E-state index contributed by atoms with van der Waals surface area (Å²) in [5.41, 5.74) is 3.49. The first-order valence-electron chi connectivity index (χ1n) is 16.5. The molecule has 2 fully saturated rings. The molecular weight excluding hydrogens is 655 g/mol. The molecule has 256 valence electrons. The van der Waals surface area contributed by atoms with Gasteiger partial charge in [0, 0.05) is 12.1 Å². The summed E-state index contributed by atoms with van der Waals surface area (Å²) < 4.78 is 11.7. The number of ether oxygens (including phenoxy) is 2. The van der Waals surface area contributed by atoms with E-state index in [4.69, 9.17) is 9.47 Å². The highest BCUT2D eigenvalue weighted by molar-refractivity contribution is 8.03. The Balaban J connectivity index is 1.17. The van der Waals surface area contributed by atoms with Gasteiger partial charge in [0.15, 0.2) is 12.1 Å². The van der Waals surface area contributed by atoms with E-state index in [9.17, 15) is 19.2 Å². The van der Waals surface area contributed by atoms with E-state index < -0.39 is 47.1 Å². The van der Waals surface area contributed by atoms with E-state index in [0.717, 1.165) is 22.2 Å². The number of alkyl carbamates (subject to hydrolysis) is 1. The number of carbonyl (C=O) groups excluding carboxylic acids is 4. The minimum atomic E-state index is -1.15. The zero-order valence-corrected chi connectivity index (χ0v) is 28.7. The number of β-lactam (4-membered cyclic amide) rings is 1. The number of nitrogens with zero attached hydrogens (tertiary/aromatic N) is 3. The number of para-hydroxylation sites is 2. The third kappa shape index (κ3) is 6.75. The van der Waals surface area contributed by atoms with Crippen molar-refractivity contribution in [2.45, 2.75) is 62.9 Å². The van der Waals surface area contributed by atoms with Crippen LogP contribution in [-0.4, -0.2) is 73.2 Å². The molecule has 1 aromatic heterocycles. The van der Waals surface area contributed by atoms with Gasteiger partial charge in [-0.15, -0.1) is 11.8 Å². The van der Waals surface area contributed by atoms with E-state index in [1.807, 2.05) is 84.9 Å². The van der Waals surface area contributed by atoms with Crippen molar-refractivity contribution < 1.29 is 28.7 Å². The lowest BCUT2D eigenvalue weighted by Gasteiger charge is -2.51. The van der Waals surface area contributed by atoms with Crippen molar-refractivity contribution in [3.8, 4) is 0 Å². The van der Waals surface area contributed by atoms with Gasteiger partial charge in [-0.2, -0.15) is 0 Å². The van der Waals surface area contributed by atoms with Gasteiger partial charge in [-0.25, -0.2) is 14.6 Å². The molecule has 0 spiro atoms. The maximum Gasteiger partial charge on any atom is 0.408 e. The summed E-state index contributed by atoms with van der Waals surface area (Å²) in [6, 6.07) is 24.4. The van der Waals surface area contributed by atoms with Crippen LogP contribution < -0.4 is 5.32 Å². The molecule has 0 saturated carbocycles. The number of carbonyl (C=O) groups is 4. The average molecular weight is 692 g/mol. The lowest BCUT2D eigenvalue weighted by molar-refractivity contribution is -0.164. The van der Waals surface area contributed by atoms with Crippen LogP contribution in [-0.2, 0) is 30.4 Å². The SMILES string of the molecule is CC(C)(C)OC(=O)N[C@@H]1C(=O)N2[C@@H](C(=O)OC(c3ccccc3)c3ccccc3)C(/C=C3\CCN(Cc4nc5ccccc5[nH]4)C3=O)=CS[C@H]12. The molecule has 4 heterocycles. The Labute approximate surface area is 293 Å². The molecule has 3 amide bonds. The molecule has 0 unspecified atom stereocenters. The van der Waals surface area contributed by atoms with E-state index in [0.29, 0.717) is 36.5 Å². The van der Waals surface area contributed by atoms with Crippen LogP contribution in [0.1, 0.15) is 50.2 Å². The van der Waals surface area contributed by atoms with Crippen LogP contribution in [0.15, 0.2) is 108 Å². The fourth-order valence-electron chi connectivity index (χ4n) is 6.39. The highest BCUT2D eigenvalue weighted by Crippen LogP contribution is 2.42. The highest BCUT2D eigenvalue weighted by atomic mass is 32.2. The summed E-state index contributed by atoms with van der Waals surface area (Å²) >= 11 is 1.30. The summed E-state index contributed by atoms with van der Waals surface area (Å²) in [4.78, 5) is 65.4. The molecule has 3 aliphatic rings. The van der Waals surface area contributed by atoms with Crippen LogP contribution >= 0.6 is 11.8 Å². The van der Waals surface area contributed by atoms with Crippen LogP contribution in [0.25, 0.3) is 11.0 Å². The summed E-state index contributed by atoms with van der Waals surface area (Å²) in [6.45, 7) is 6.01. The first-order valence-corrected chi connectivity index (χ1v) is 17.4. The van der Waals surface area contributed by atoms with Gasteiger partial charge >= 0.3 is 12.1 Å². The number of imidazole rings is 1. The Hall–Kier alpha value is -5.36. The molecule has 0 bridgehead atoms. The maximum absolute atomic E-state index is 14.3. The van der Waals surface area contributed by atoms with Crippen molar-refractivity contribution in [3.05, 3.63) is 125 Å². The number of thioether (sulfide) groups is 1. The van der Waals surface area contributed by atoms with Gasteiger partial charge in [-0.1, -0.05) is 72.8 Å². The number of hydrogen-bond acceptors (Lipinski definition) is 8. The largest absolute Gasteiger partial charge is 0.451 e. The summed E-state index contributed by atoms with van der Waals surface area (Å²) in [7, 11) is 0. The van der Waals surface area contributed by atoms with Gasteiger partial charge in [-0.05, 0) is 67.5 Å². The number of aromatic amines is 1. The molecule has 0 radical (unpaired) electrons. The van der Waals surface area contributed by atoms with Crippen molar-refractivity contribution in [2.75, 3.05) is 6.54 Å². The Kier molecular flexibility index (Phi) is 8.96. The fourth-order valence-corrected chi connectivity index (χ4v) is 7.58. The number of esters is 1. The van der Waals surface area contributed by atoms with Crippen molar-refractivity contribution in [1.29, 1.82) is 0 Å². The molecule has 12 heteroatoms. The lowest BCUT2D eigenvalue weighted by atomic mass is 9.95. The van der Waals surface area contributed by atoms with E-state index in [2.05, 4.69) is 15.3 Å².